The Morgan fingerprint density at radius 1 is 1.00 bits per heavy atom. The predicted molar refractivity (Wildman–Crippen MR) is 116 cm³/mol. The van der Waals surface area contributed by atoms with Crippen LogP contribution in [0.1, 0.15) is 39.8 Å². The number of hydrogen-bond acceptors (Lipinski definition) is 5. The molecule has 3 rings (SSSR count). The van der Waals surface area contributed by atoms with Crippen LogP contribution in [0.5, 0.6) is 5.75 Å². The summed E-state index contributed by atoms with van der Waals surface area (Å²) in [5.41, 5.74) is 5.75. The molecule has 0 aliphatic rings. The van der Waals surface area contributed by atoms with Crippen molar-refractivity contribution in [3.05, 3.63) is 70.5 Å². The lowest BCUT2D eigenvalue weighted by Crippen LogP contribution is -2.17. The van der Waals surface area contributed by atoms with Gasteiger partial charge < -0.3 is 15.4 Å². The van der Waals surface area contributed by atoms with Crippen LogP contribution >= 0.6 is 0 Å². The summed E-state index contributed by atoms with van der Waals surface area (Å²) in [6.07, 6.45) is 0. The second-order valence-corrected chi connectivity index (χ2v) is 7.00. The number of anilines is 3. The number of para-hydroxylation sites is 2. The fourth-order valence-electron chi connectivity index (χ4n) is 3.27. The van der Waals surface area contributed by atoms with Crippen LogP contribution in [0.3, 0.4) is 0 Å². The molecule has 0 unspecified atom stereocenters. The molecular formula is C23H26N4O2. The Morgan fingerprint density at radius 2 is 1.69 bits per heavy atom. The Balaban J connectivity index is 1.87. The van der Waals surface area contributed by atoms with E-state index >= 15 is 0 Å². The molecule has 1 amide bonds. The molecule has 0 saturated carbocycles. The molecule has 0 aliphatic heterocycles. The number of aromatic nitrogens is 2. The molecule has 1 aromatic heterocycles. The smallest absolute Gasteiger partial charge is 0.274 e. The van der Waals surface area contributed by atoms with Crippen LogP contribution < -0.4 is 15.4 Å². The number of rotatable bonds is 6. The lowest BCUT2D eigenvalue weighted by atomic mass is 10.0. The minimum Gasteiger partial charge on any atom is -0.492 e. The van der Waals surface area contributed by atoms with E-state index < -0.39 is 0 Å². The first-order valence-corrected chi connectivity index (χ1v) is 9.61. The first-order valence-electron chi connectivity index (χ1n) is 9.61. The van der Waals surface area contributed by atoms with E-state index in [0.717, 1.165) is 28.1 Å². The van der Waals surface area contributed by atoms with Crippen molar-refractivity contribution < 1.29 is 9.53 Å². The summed E-state index contributed by atoms with van der Waals surface area (Å²) in [4.78, 5) is 21.7. The Hall–Kier alpha value is -3.41. The molecule has 0 fully saturated rings. The molecule has 6 nitrogen and oxygen atoms in total. The monoisotopic (exact) mass is 390 g/mol. The van der Waals surface area contributed by atoms with E-state index in [1.54, 1.807) is 6.07 Å². The number of carbonyl (C=O) groups excluding carboxylic acids is 1. The molecule has 150 valence electrons. The highest BCUT2D eigenvalue weighted by molar-refractivity contribution is 6.04. The van der Waals surface area contributed by atoms with E-state index in [2.05, 4.69) is 20.6 Å². The predicted octanol–water partition coefficient (Wildman–Crippen LogP) is 5.10. The zero-order chi connectivity index (χ0) is 21.0. The van der Waals surface area contributed by atoms with Crippen LogP contribution in [0.15, 0.2) is 42.5 Å². The lowest BCUT2D eigenvalue weighted by Gasteiger charge is -2.14. The summed E-state index contributed by atoms with van der Waals surface area (Å²) in [6.45, 7) is 10.3. The van der Waals surface area contributed by atoms with E-state index in [9.17, 15) is 4.79 Å². The summed E-state index contributed by atoms with van der Waals surface area (Å²) >= 11 is 0. The summed E-state index contributed by atoms with van der Waals surface area (Å²) in [7, 11) is 0. The summed E-state index contributed by atoms with van der Waals surface area (Å²) < 4.78 is 5.63. The quantitative estimate of drug-likeness (QED) is 0.612. The first-order chi connectivity index (χ1) is 13.9. The van der Waals surface area contributed by atoms with Crippen molar-refractivity contribution >= 4 is 23.2 Å². The molecule has 0 aliphatic carbocycles. The van der Waals surface area contributed by atoms with Crippen LogP contribution in [-0.2, 0) is 0 Å². The van der Waals surface area contributed by atoms with Gasteiger partial charge in [-0.25, -0.2) is 9.97 Å². The van der Waals surface area contributed by atoms with Gasteiger partial charge in [0.25, 0.3) is 5.91 Å². The third kappa shape index (κ3) is 4.90. The number of nitrogens with zero attached hydrogens (tertiary/aromatic N) is 2. The molecule has 0 bridgehead atoms. The number of hydrogen-bond donors (Lipinski definition) is 2. The summed E-state index contributed by atoms with van der Waals surface area (Å²) in [5.74, 6) is 0.781. The van der Waals surface area contributed by atoms with Crippen molar-refractivity contribution in [2.24, 2.45) is 0 Å². The zero-order valence-corrected chi connectivity index (χ0v) is 17.5. The zero-order valence-electron chi connectivity index (χ0n) is 17.5. The van der Waals surface area contributed by atoms with Gasteiger partial charge in [0.05, 0.1) is 12.3 Å². The van der Waals surface area contributed by atoms with Crippen LogP contribution in [0, 0.1) is 27.7 Å². The van der Waals surface area contributed by atoms with Crippen molar-refractivity contribution in [2.45, 2.75) is 34.6 Å². The standard InChI is InChI=1S/C23H26N4O2/c1-6-29-20-10-8-7-9-18(20)25-23-24-17(5)13-19(26-23)22(28)27-21-15(3)11-14(2)12-16(21)4/h7-13H,6H2,1-5H3,(H,27,28)(H,24,25,26). The maximum Gasteiger partial charge on any atom is 0.274 e. The van der Waals surface area contributed by atoms with Gasteiger partial charge in [-0.3, -0.25) is 4.79 Å². The lowest BCUT2D eigenvalue weighted by molar-refractivity contribution is 0.102. The normalized spacial score (nSPS) is 10.5. The van der Waals surface area contributed by atoms with Gasteiger partial charge in [-0.2, -0.15) is 0 Å². The molecule has 1 heterocycles. The van der Waals surface area contributed by atoms with Crippen LogP contribution in [-0.4, -0.2) is 22.5 Å². The van der Waals surface area contributed by atoms with E-state index in [1.165, 1.54) is 0 Å². The number of nitrogens with one attached hydrogen (secondary N) is 2. The molecule has 3 aromatic rings. The molecule has 0 spiro atoms. The van der Waals surface area contributed by atoms with E-state index in [-0.39, 0.29) is 5.91 Å². The van der Waals surface area contributed by atoms with Gasteiger partial charge in [0.1, 0.15) is 11.4 Å². The van der Waals surface area contributed by atoms with Gasteiger partial charge >= 0.3 is 0 Å². The molecular weight excluding hydrogens is 364 g/mol. The van der Waals surface area contributed by atoms with Crippen LogP contribution in [0.25, 0.3) is 0 Å². The van der Waals surface area contributed by atoms with Crippen molar-refractivity contribution in [2.75, 3.05) is 17.2 Å². The highest BCUT2D eigenvalue weighted by Gasteiger charge is 2.14. The van der Waals surface area contributed by atoms with E-state index in [4.69, 9.17) is 4.74 Å². The second kappa shape index (κ2) is 8.73. The number of amides is 1. The minimum atomic E-state index is -0.272. The fraction of sp³-hybridized carbons (Fsp3) is 0.261. The number of carbonyl (C=O) groups is 1. The van der Waals surface area contributed by atoms with Gasteiger partial charge in [-0.15, -0.1) is 0 Å². The summed E-state index contributed by atoms with van der Waals surface area (Å²) in [5, 5.41) is 6.15. The van der Waals surface area contributed by atoms with Crippen molar-refractivity contribution in [1.82, 2.24) is 9.97 Å². The largest absolute Gasteiger partial charge is 0.492 e. The molecule has 29 heavy (non-hydrogen) atoms. The fourth-order valence-corrected chi connectivity index (χ4v) is 3.27. The SMILES string of the molecule is CCOc1ccccc1Nc1nc(C)cc(C(=O)Nc2c(C)cc(C)cc2C)n1. The Morgan fingerprint density at radius 3 is 2.38 bits per heavy atom. The summed E-state index contributed by atoms with van der Waals surface area (Å²) in [6, 6.07) is 13.3. The van der Waals surface area contributed by atoms with E-state index in [1.807, 2.05) is 71.0 Å². The molecule has 0 saturated heterocycles. The third-order valence-electron chi connectivity index (χ3n) is 4.44. The van der Waals surface area contributed by atoms with Gasteiger partial charge in [0.15, 0.2) is 0 Å². The molecule has 2 aromatic carbocycles. The average molecular weight is 390 g/mol. The van der Waals surface area contributed by atoms with Crippen LogP contribution in [0.4, 0.5) is 17.3 Å². The molecule has 2 N–H and O–H groups in total. The maximum atomic E-state index is 12.9. The Kier molecular flexibility index (Phi) is 6.12. The number of ether oxygens (including phenoxy) is 1. The Labute approximate surface area is 171 Å². The van der Waals surface area contributed by atoms with Gasteiger partial charge in [0, 0.05) is 11.4 Å². The Bertz CT molecular complexity index is 1020. The average Bonchev–Trinajstić information content (AvgIpc) is 2.66. The topological polar surface area (TPSA) is 76.1 Å². The third-order valence-corrected chi connectivity index (χ3v) is 4.44. The van der Waals surface area contributed by atoms with Crippen molar-refractivity contribution in [3.63, 3.8) is 0 Å². The number of benzene rings is 2. The van der Waals surface area contributed by atoms with E-state index in [0.29, 0.717) is 29.7 Å². The highest BCUT2D eigenvalue weighted by Crippen LogP contribution is 2.27. The maximum absolute atomic E-state index is 12.9. The van der Waals surface area contributed by atoms with Crippen LogP contribution in [0.2, 0.25) is 0 Å². The van der Waals surface area contributed by atoms with Crippen molar-refractivity contribution in [1.29, 1.82) is 0 Å². The minimum absolute atomic E-state index is 0.272. The second-order valence-electron chi connectivity index (χ2n) is 7.00. The highest BCUT2D eigenvalue weighted by atomic mass is 16.5. The molecule has 6 heteroatoms. The molecule has 0 radical (unpaired) electrons. The van der Waals surface area contributed by atoms with Gasteiger partial charge in [-0.05, 0) is 63.9 Å². The first kappa shape index (κ1) is 20.3. The van der Waals surface area contributed by atoms with Crippen molar-refractivity contribution in [3.8, 4) is 5.75 Å². The number of aryl methyl sites for hydroxylation is 4. The van der Waals surface area contributed by atoms with Gasteiger partial charge in [0.2, 0.25) is 5.95 Å². The molecule has 0 atom stereocenters. The van der Waals surface area contributed by atoms with Gasteiger partial charge in [-0.1, -0.05) is 29.8 Å².